The van der Waals surface area contributed by atoms with Crippen LogP contribution in [0.5, 0.6) is 0 Å². The Labute approximate surface area is 82.0 Å². The molecule has 1 fully saturated rings. The molecule has 0 amide bonds. The molecule has 1 aliphatic rings. The number of rotatable bonds is 1. The lowest BCUT2D eigenvalue weighted by Crippen LogP contribution is -2.39. The molecular weight excluding hydrogens is 183 g/mol. The summed E-state index contributed by atoms with van der Waals surface area (Å²) in [6, 6.07) is 2.99. The van der Waals surface area contributed by atoms with E-state index < -0.39 is 11.5 Å². The number of nitrogens with zero attached hydrogens (tertiary/aromatic N) is 1. The van der Waals surface area contributed by atoms with E-state index in [4.69, 9.17) is 0 Å². The van der Waals surface area contributed by atoms with Crippen molar-refractivity contribution >= 4 is 0 Å². The highest BCUT2D eigenvalue weighted by atomic mass is 19.1. The van der Waals surface area contributed by atoms with Crippen molar-refractivity contribution in [2.45, 2.75) is 18.4 Å². The van der Waals surface area contributed by atoms with E-state index >= 15 is 0 Å². The Balaban J connectivity index is 2.28. The summed E-state index contributed by atoms with van der Waals surface area (Å²) in [7, 11) is 0. The van der Waals surface area contributed by atoms with Crippen LogP contribution in [0.2, 0.25) is 0 Å². The van der Waals surface area contributed by atoms with Crippen LogP contribution in [0.4, 0.5) is 4.39 Å². The van der Waals surface area contributed by atoms with Gasteiger partial charge in [0.25, 0.3) is 0 Å². The van der Waals surface area contributed by atoms with E-state index in [1.54, 1.807) is 6.07 Å². The predicted molar refractivity (Wildman–Crippen MR) is 50.2 cm³/mol. The van der Waals surface area contributed by atoms with Crippen LogP contribution >= 0.6 is 0 Å². The molecule has 76 valence electrons. The van der Waals surface area contributed by atoms with E-state index in [1.165, 1.54) is 12.3 Å². The van der Waals surface area contributed by atoms with E-state index in [-0.39, 0.29) is 0 Å². The second kappa shape index (κ2) is 3.63. The molecule has 2 heterocycles. The lowest BCUT2D eigenvalue weighted by Gasteiger charge is -2.32. The minimum atomic E-state index is -0.880. The second-order valence-electron chi connectivity index (χ2n) is 3.65. The van der Waals surface area contributed by atoms with Crippen LogP contribution in [0.25, 0.3) is 0 Å². The molecule has 1 saturated heterocycles. The smallest absolute Gasteiger partial charge is 0.213 e. The molecule has 2 N–H and O–H groups in total. The van der Waals surface area contributed by atoms with Gasteiger partial charge in [0.15, 0.2) is 0 Å². The summed E-state index contributed by atoms with van der Waals surface area (Å²) in [5, 5.41) is 13.4. The van der Waals surface area contributed by atoms with Crippen LogP contribution in [-0.4, -0.2) is 23.2 Å². The monoisotopic (exact) mass is 196 g/mol. The van der Waals surface area contributed by atoms with Gasteiger partial charge in [-0.05, 0) is 43.6 Å². The minimum Gasteiger partial charge on any atom is -0.385 e. The van der Waals surface area contributed by atoms with Gasteiger partial charge >= 0.3 is 0 Å². The number of pyridine rings is 1. The number of aliphatic hydroxyl groups is 1. The molecule has 3 nitrogen and oxygen atoms in total. The van der Waals surface area contributed by atoms with E-state index in [0.29, 0.717) is 18.4 Å². The topological polar surface area (TPSA) is 45.2 Å². The summed E-state index contributed by atoms with van der Waals surface area (Å²) < 4.78 is 12.9. The van der Waals surface area contributed by atoms with Crippen molar-refractivity contribution in [2.24, 2.45) is 0 Å². The highest BCUT2D eigenvalue weighted by molar-refractivity contribution is 5.20. The van der Waals surface area contributed by atoms with Crippen LogP contribution in [0.3, 0.4) is 0 Å². The van der Waals surface area contributed by atoms with Crippen molar-refractivity contribution in [2.75, 3.05) is 13.1 Å². The molecule has 0 bridgehead atoms. The Morgan fingerprint density at radius 3 is 2.79 bits per heavy atom. The molecule has 2 rings (SSSR count). The van der Waals surface area contributed by atoms with Gasteiger partial charge in [-0.2, -0.15) is 4.39 Å². The number of aromatic nitrogens is 1. The van der Waals surface area contributed by atoms with Crippen molar-refractivity contribution < 1.29 is 9.50 Å². The molecule has 1 aromatic heterocycles. The van der Waals surface area contributed by atoms with E-state index in [1.807, 2.05) is 0 Å². The van der Waals surface area contributed by atoms with E-state index in [9.17, 15) is 9.50 Å². The van der Waals surface area contributed by atoms with Gasteiger partial charge in [-0.3, -0.25) is 0 Å². The van der Waals surface area contributed by atoms with Gasteiger partial charge in [0.1, 0.15) is 0 Å². The summed E-state index contributed by atoms with van der Waals surface area (Å²) in [6.45, 7) is 1.53. The summed E-state index contributed by atoms with van der Waals surface area (Å²) >= 11 is 0. The maximum atomic E-state index is 12.9. The minimum absolute atomic E-state index is 0.533. The first-order valence-corrected chi connectivity index (χ1v) is 4.76. The molecule has 14 heavy (non-hydrogen) atoms. The first-order chi connectivity index (χ1) is 6.71. The molecule has 0 atom stereocenters. The van der Waals surface area contributed by atoms with Crippen molar-refractivity contribution in [1.82, 2.24) is 10.3 Å². The van der Waals surface area contributed by atoms with Crippen molar-refractivity contribution in [3.63, 3.8) is 0 Å². The Morgan fingerprint density at radius 2 is 2.14 bits per heavy atom. The molecule has 4 heteroatoms. The van der Waals surface area contributed by atoms with Gasteiger partial charge in [-0.15, -0.1) is 0 Å². The average Bonchev–Trinajstić information content (AvgIpc) is 2.19. The number of nitrogens with one attached hydrogen (secondary N) is 1. The largest absolute Gasteiger partial charge is 0.385 e. The van der Waals surface area contributed by atoms with Crippen LogP contribution in [0.15, 0.2) is 18.3 Å². The van der Waals surface area contributed by atoms with Gasteiger partial charge in [-0.25, -0.2) is 4.98 Å². The highest BCUT2D eigenvalue weighted by Crippen LogP contribution is 2.29. The van der Waals surface area contributed by atoms with Gasteiger partial charge < -0.3 is 10.4 Å². The fourth-order valence-electron chi connectivity index (χ4n) is 1.82. The van der Waals surface area contributed by atoms with Crippen LogP contribution in [-0.2, 0) is 5.60 Å². The third kappa shape index (κ3) is 1.76. The Bertz CT molecular complexity index is 324. The maximum absolute atomic E-state index is 12.9. The molecule has 0 aromatic carbocycles. The van der Waals surface area contributed by atoms with Gasteiger partial charge in [0.05, 0.1) is 5.60 Å². The quantitative estimate of drug-likeness (QED) is 0.653. The van der Waals surface area contributed by atoms with Crippen molar-refractivity contribution in [1.29, 1.82) is 0 Å². The molecular formula is C10H13FN2O. The first kappa shape index (κ1) is 9.55. The molecule has 1 aliphatic heterocycles. The standard InChI is InChI=1S/C10H13FN2O/c11-9-7-8(1-4-13-9)10(14)2-5-12-6-3-10/h1,4,7,12,14H,2-3,5-6H2. The van der Waals surface area contributed by atoms with Crippen LogP contribution in [0, 0.1) is 5.95 Å². The third-order valence-corrected chi connectivity index (χ3v) is 2.69. The molecule has 1 aromatic rings. The molecule has 0 spiro atoms. The average molecular weight is 196 g/mol. The summed E-state index contributed by atoms with van der Waals surface area (Å²) in [5.74, 6) is -0.533. The molecule has 0 radical (unpaired) electrons. The summed E-state index contributed by atoms with van der Waals surface area (Å²) in [4.78, 5) is 3.47. The maximum Gasteiger partial charge on any atom is 0.213 e. The van der Waals surface area contributed by atoms with Crippen LogP contribution in [0.1, 0.15) is 18.4 Å². The normalized spacial score (nSPS) is 20.7. The van der Waals surface area contributed by atoms with Gasteiger partial charge in [0, 0.05) is 6.20 Å². The number of hydrogen-bond acceptors (Lipinski definition) is 3. The number of halogens is 1. The van der Waals surface area contributed by atoms with Crippen molar-refractivity contribution in [3.05, 3.63) is 29.8 Å². The molecule has 0 saturated carbocycles. The van der Waals surface area contributed by atoms with E-state index in [0.717, 1.165) is 13.1 Å². The predicted octanol–water partition coefficient (Wildman–Crippen LogP) is 0.792. The lowest BCUT2D eigenvalue weighted by molar-refractivity contribution is 0.00555. The first-order valence-electron chi connectivity index (χ1n) is 4.76. The SMILES string of the molecule is OC1(c2ccnc(F)c2)CCNCC1. The summed E-state index contributed by atoms with van der Waals surface area (Å²) in [5.41, 5.74) is -0.249. The fraction of sp³-hybridized carbons (Fsp3) is 0.500. The number of hydrogen-bond donors (Lipinski definition) is 2. The Kier molecular flexibility index (Phi) is 2.48. The van der Waals surface area contributed by atoms with Crippen LogP contribution < -0.4 is 5.32 Å². The van der Waals surface area contributed by atoms with Gasteiger partial charge in [0.2, 0.25) is 5.95 Å². The lowest BCUT2D eigenvalue weighted by atomic mass is 9.86. The molecule has 0 unspecified atom stereocenters. The highest BCUT2D eigenvalue weighted by Gasteiger charge is 2.31. The van der Waals surface area contributed by atoms with Gasteiger partial charge in [-0.1, -0.05) is 0 Å². The van der Waals surface area contributed by atoms with E-state index in [2.05, 4.69) is 10.3 Å². The fourth-order valence-corrected chi connectivity index (χ4v) is 1.82. The van der Waals surface area contributed by atoms with Crippen molar-refractivity contribution in [3.8, 4) is 0 Å². The summed E-state index contributed by atoms with van der Waals surface area (Å²) in [6.07, 6.45) is 2.64. The Hall–Kier alpha value is -1.00. The zero-order valence-corrected chi connectivity index (χ0v) is 7.83. The number of piperidine rings is 1. The Morgan fingerprint density at radius 1 is 1.43 bits per heavy atom. The zero-order chi connectivity index (χ0) is 10.0. The second-order valence-corrected chi connectivity index (χ2v) is 3.65. The third-order valence-electron chi connectivity index (χ3n) is 2.69. The zero-order valence-electron chi connectivity index (χ0n) is 7.83. The molecule has 0 aliphatic carbocycles.